The largest absolute Gasteiger partial charge is 0.294 e. The summed E-state index contributed by atoms with van der Waals surface area (Å²) in [5.41, 5.74) is 0.734. The molecule has 0 amide bonds. The van der Waals surface area contributed by atoms with Crippen molar-refractivity contribution in [3.05, 3.63) is 29.8 Å². The molecule has 1 aromatic rings. The van der Waals surface area contributed by atoms with E-state index in [0.717, 1.165) is 24.8 Å². The molecule has 1 N–H and O–H groups in total. The third-order valence-corrected chi connectivity index (χ3v) is 8.00. The van der Waals surface area contributed by atoms with E-state index in [2.05, 4.69) is 6.92 Å². The summed E-state index contributed by atoms with van der Waals surface area (Å²) in [6.45, 7) is 2.29. The standard InChI is InChI=1S/C30H54O3S/c1-2-3-4-5-6-7-8-9-10-11-12-13-14-15-16-17-18-19-20-21-22-23-26-29-27-24-25-28-30(29)34(31,32)33/h24-25,27-28H,2-23,26H2,1H3,(H,31,32,33). The van der Waals surface area contributed by atoms with Gasteiger partial charge < -0.3 is 0 Å². The molecule has 0 atom stereocenters. The van der Waals surface area contributed by atoms with Crippen LogP contribution in [0.1, 0.15) is 154 Å². The summed E-state index contributed by atoms with van der Waals surface area (Å²) in [5.74, 6) is 0. The summed E-state index contributed by atoms with van der Waals surface area (Å²) in [7, 11) is -4.11. The molecule has 3 nitrogen and oxygen atoms in total. The molecule has 0 aliphatic heterocycles. The summed E-state index contributed by atoms with van der Waals surface area (Å²) >= 11 is 0. The Balaban J connectivity index is 1.80. The zero-order valence-electron chi connectivity index (χ0n) is 22.2. The first kappa shape index (κ1) is 31.2. The van der Waals surface area contributed by atoms with Crippen molar-refractivity contribution in [2.24, 2.45) is 0 Å². The summed E-state index contributed by atoms with van der Waals surface area (Å²) in [4.78, 5) is 0.0681. The second-order valence-corrected chi connectivity index (χ2v) is 11.6. The highest BCUT2D eigenvalue weighted by Gasteiger charge is 2.13. The van der Waals surface area contributed by atoms with Crippen LogP contribution in [0.5, 0.6) is 0 Å². The molecule has 0 fully saturated rings. The number of benzene rings is 1. The van der Waals surface area contributed by atoms with Gasteiger partial charge in [-0.1, -0.05) is 160 Å². The van der Waals surface area contributed by atoms with Gasteiger partial charge in [-0.05, 0) is 24.5 Å². The van der Waals surface area contributed by atoms with Gasteiger partial charge in [-0.25, -0.2) is 0 Å². The topological polar surface area (TPSA) is 54.4 Å². The predicted octanol–water partition coefficient (Wildman–Crippen LogP) is 10.1. The second kappa shape index (κ2) is 21.4. The van der Waals surface area contributed by atoms with Crippen LogP contribution in [-0.2, 0) is 16.5 Å². The predicted molar refractivity (Wildman–Crippen MR) is 147 cm³/mol. The molecule has 0 aromatic heterocycles. The molecule has 0 spiro atoms. The SMILES string of the molecule is CCCCCCCCCCCCCCCCCCCCCCCCc1ccccc1S(=O)(=O)O. The molecule has 34 heavy (non-hydrogen) atoms. The maximum atomic E-state index is 11.4. The minimum absolute atomic E-state index is 0.0681. The zero-order valence-corrected chi connectivity index (χ0v) is 23.1. The van der Waals surface area contributed by atoms with Crippen molar-refractivity contribution in [3.8, 4) is 0 Å². The van der Waals surface area contributed by atoms with E-state index in [0.29, 0.717) is 0 Å². The second-order valence-electron chi connectivity index (χ2n) is 10.3. The molecule has 0 saturated carbocycles. The van der Waals surface area contributed by atoms with Crippen molar-refractivity contribution in [2.45, 2.75) is 159 Å². The molecule has 0 aliphatic rings. The molecule has 0 unspecified atom stereocenters. The van der Waals surface area contributed by atoms with Gasteiger partial charge in [0.05, 0.1) is 4.90 Å². The molecule has 1 rings (SSSR count). The van der Waals surface area contributed by atoms with E-state index in [1.165, 1.54) is 134 Å². The summed E-state index contributed by atoms with van der Waals surface area (Å²) < 4.78 is 32.2. The Bertz CT molecular complexity index is 684. The molecular weight excluding hydrogens is 440 g/mol. The van der Waals surface area contributed by atoms with Crippen LogP contribution in [0.3, 0.4) is 0 Å². The van der Waals surface area contributed by atoms with Crippen molar-refractivity contribution in [2.75, 3.05) is 0 Å². The van der Waals surface area contributed by atoms with Crippen molar-refractivity contribution < 1.29 is 13.0 Å². The molecule has 0 radical (unpaired) electrons. The van der Waals surface area contributed by atoms with Crippen LogP contribution in [-0.4, -0.2) is 13.0 Å². The number of rotatable bonds is 24. The lowest BCUT2D eigenvalue weighted by atomic mass is 10.0. The van der Waals surface area contributed by atoms with Gasteiger partial charge in [-0.2, -0.15) is 8.42 Å². The van der Waals surface area contributed by atoms with Crippen LogP contribution >= 0.6 is 0 Å². The van der Waals surface area contributed by atoms with Gasteiger partial charge in [0.15, 0.2) is 0 Å². The average Bonchev–Trinajstić information content (AvgIpc) is 2.82. The van der Waals surface area contributed by atoms with E-state index in [-0.39, 0.29) is 4.90 Å². The van der Waals surface area contributed by atoms with Gasteiger partial charge in [-0.3, -0.25) is 4.55 Å². The van der Waals surface area contributed by atoms with E-state index in [1.807, 2.05) is 6.07 Å². The third-order valence-electron chi connectivity index (χ3n) is 7.05. The molecule has 0 aliphatic carbocycles. The highest BCUT2D eigenvalue weighted by Crippen LogP contribution is 2.19. The van der Waals surface area contributed by atoms with E-state index in [9.17, 15) is 13.0 Å². The van der Waals surface area contributed by atoms with E-state index in [1.54, 1.807) is 12.1 Å². The van der Waals surface area contributed by atoms with Crippen LogP contribution in [0.15, 0.2) is 29.2 Å². The Morgan fingerprint density at radius 2 is 0.853 bits per heavy atom. The normalized spacial score (nSPS) is 11.8. The van der Waals surface area contributed by atoms with Gasteiger partial charge >= 0.3 is 0 Å². The zero-order chi connectivity index (χ0) is 24.7. The van der Waals surface area contributed by atoms with Crippen molar-refractivity contribution in [3.63, 3.8) is 0 Å². The lowest BCUT2D eigenvalue weighted by molar-refractivity contribution is 0.481. The fraction of sp³-hybridized carbons (Fsp3) is 0.800. The number of hydrogen-bond acceptors (Lipinski definition) is 2. The number of aryl methyl sites for hydroxylation is 1. The molecule has 198 valence electrons. The fourth-order valence-corrected chi connectivity index (χ4v) is 5.64. The maximum Gasteiger partial charge on any atom is 0.294 e. The van der Waals surface area contributed by atoms with E-state index < -0.39 is 10.1 Å². The highest BCUT2D eigenvalue weighted by atomic mass is 32.2. The van der Waals surface area contributed by atoms with Crippen molar-refractivity contribution >= 4 is 10.1 Å². The van der Waals surface area contributed by atoms with Gasteiger partial charge in [0.2, 0.25) is 0 Å². The van der Waals surface area contributed by atoms with Crippen molar-refractivity contribution in [1.82, 2.24) is 0 Å². The first-order valence-corrected chi connectivity index (χ1v) is 16.0. The Hall–Kier alpha value is -0.870. The first-order valence-electron chi connectivity index (χ1n) is 14.6. The smallest absolute Gasteiger partial charge is 0.282 e. The Morgan fingerprint density at radius 1 is 0.529 bits per heavy atom. The molecule has 0 heterocycles. The minimum atomic E-state index is -4.11. The lowest BCUT2D eigenvalue weighted by Crippen LogP contribution is -2.03. The molecule has 0 bridgehead atoms. The number of unbranched alkanes of at least 4 members (excludes halogenated alkanes) is 21. The summed E-state index contributed by atoms with van der Waals surface area (Å²) in [6.07, 6.45) is 30.8. The minimum Gasteiger partial charge on any atom is -0.282 e. The van der Waals surface area contributed by atoms with Gasteiger partial charge in [-0.15, -0.1) is 0 Å². The van der Waals surface area contributed by atoms with Gasteiger partial charge in [0.25, 0.3) is 10.1 Å². The Labute approximate surface area is 212 Å². The van der Waals surface area contributed by atoms with Crippen LogP contribution < -0.4 is 0 Å². The monoisotopic (exact) mass is 494 g/mol. The van der Waals surface area contributed by atoms with Gasteiger partial charge in [0.1, 0.15) is 0 Å². The first-order chi connectivity index (χ1) is 16.6. The average molecular weight is 495 g/mol. The molecule has 1 aromatic carbocycles. The fourth-order valence-electron chi connectivity index (χ4n) is 4.89. The molecular formula is C30H54O3S. The maximum absolute atomic E-state index is 11.4. The van der Waals surface area contributed by atoms with E-state index >= 15 is 0 Å². The van der Waals surface area contributed by atoms with Crippen LogP contribution in [0.25, 0.3) is 0 Å². The van der Waals surface area contributed by atoms with E-state index in [4.69, 9.17) is 0 Å². The lowest BCUT2D eigenvalue weighted by Gasteiger charge is -2.07. The van der Waals surface area contributed by atoms with Crippen molar-refractivity contribution in [1.29, 1.82) is 0 Å². The quantitative estimate of drug-likeness (QED) is 0.115. The molecule has 0 saturated heterocycles. The Kier molecular flexibility index (Phi) is 19.6. The highest BCUT2D eigenvalue weighted by molar-refractivity contribution is 7.85. The third kappa shape index (κ3) is 17.5. The van der Waals surface area contributed by atoms with Crippen LogP contribution in [0.2, 0.25) is 0 Å². The summed E-state index contributed by atoms with van der Waals surface area (Å²) in [6, 6.07) is 6.79. The van der Waals surface area contributed by atoms with Crippen LogP contribution in [0, 0.1) is 0 Å². The summed E-state index contributed by atoms with van der Waals surface area (Å²) in [5, 5.41) is 0. The van der Waals surface area contributed by atoms with Gasteiger partial charge in [0, 0.05) is 0 Å². The molecule has 4 heteroatoms. The Morgan fingerprint density at radius 3 is 1.21 bits per heavy atom. The van der Waals surface area contributed by atoms with Crippen LogP contribution in [0.4, 0.5) is 0 Å². The number of hydrogen-bond donors (Lipinski definition) is 1.